The number of urea groups is 1. The van der Waals surface area contributed by atoms with E-state index in [9.17, 15) is 4.79 Å². The van der Waals surface area contributed by atoms with Gasteiger partial charge in [-0.3, -0.25) is 0 Å². The minimum Gasteiger partial charge on any atom is -0.338 e. The van der Waals surface area contributed by atoms with Gasteiger partial charge in [0.15, 0.2) is 0 Å². The number of amides is 2. The number of nitrogens with one attached hydrogen (secondary N) is 1. The van der Waals surface area contributed by atoms with Crippen molar-refractivity contribution in [3.63, 3.8) is 0 Å². The van der Waals surface area contributed by atoms with Gasteiger partial charge in [-0.05, 0) is 30.7 Å². The quantitative estimate of drug-likeness (QED) is 0.812. The predicted molar refractivity (Wildman–Crippen MR) is 89.5 cm³/mol. The molecule has 0 radical (unpaired) electrons. The zero-order valence-corrected chi connectivity index (χ0v) is 14.1. The topological polar surface area (TPSA) is 32.3 Å². The molecule has 0 saturated carbocycles. The zero-order chi connectivity index (χ0) is 15.8. The fourth-order valence-corrected chi connectivity index (χ4v) is 2.30. The van der Waals surface area contributed by atoms with Crippen LogP contribution in [0.2, 0.25) is 0 Å². The fourth-order valence-electron chi connectivity index (χ4n) is 2.30. The van der Waals surface area contributed by atoms with Gasteiger partial charge >= 0.3 is 6.03 Å². The van der Waals surface area contributed by atoms with Crippen molar-refractivity contribution < 1.29 is 4.79 Å². The summed E-state index contributed by atoms with van der Waals surface area (Å²) in [7, 11) is 0. The molecule has 118 valence electrons. The summed E-state index contributed by atoms with van der Waals surface area (Å²) < 4.78 is 0. The van der Waals surface area contributed by atoms with Gasteiger partial charge in [0.25, 0.3) is 0 Å². The van der Waals surface area contributed by atoms with Gasteiger partial charge in [0.2, 0.25) is 0 Å². The second-order valence-corrected chi connectivity index (χ2v) is 6.66. The summed E-state index contributed by atoms with van der Waals surface area (Å²) in [4.78, 5) is 14.2. The summed E-state index contributed by atoms with van der Waals surface area (Å²) in [5.74, 6) is 0.984. The van der Waals surface area contributed by atoms with Gasteiger partial charge < -0.3 is 10.2 Å². The van der Waals surface area contributed by atoms with Crippen LogP contribution in [0.1, 0.15) is 38.8 Å². The molecule has 0 fully saturated rings. The Hall–Kier alpha value is -1.51. The molecule has 0 saturated heterocycles. The number of hydrogen-bond donors (Lipinski definition) is 1. The molecule has 1 N–H and O–H groups in total. The highest BCUT2D eigenvalue weighted by atomic mass is 16.2. The van der Waals surface area contributed by atoms with Crippen molar-refractivity contribution in [2.45, 2.75) is 41.0 Å². The van der Waals surface area contributed by atoms with E-state index in [0.717, 1.165) is 19.5 Å². The molecule has 1 aromatic carbocycles. The third kappa shape index (κ3) is 7.16. The molecule has 0 spiro atoms. The van der Waals surface area contributed by atoms with E-state index in [1.807, 2.05) is 4.90 Å². The number of hydrogen-bond acceptors (Lipinski definition) is 1. The van der Waals surface area contributed by atoms with E-state index in [1.54, 1.807) is 0 Å². The lowest BCUT2D eigenvalue weighted by Crippen LogP contribution is -2.44. The van der Waals surface area contributed by atoms with Crippen LogP contribution in [0.15, 0.2) is 24.3 Å². The number of rotatable bonds is 7. The van der Waals surface area contributed by atoms with Crippen molar-refractivity contribution in [1.29, 1.82) is 0 Å². The molecule has 1 aromatic rings. The van der Waals surface area contributed by atoms with Gasteiger partial charge in [0.1, 0.15) is 0 Å². The highest BCUT2D eigenvalue weighted by Crippen LogP contribution is 2.05. The van der Waals surface area contributed by atoms with Gasteiger partial charge in [-0.15, -0.1) is 0 Å². The molecule has 3 heteroatoms. The van der Waals surface area contributed by atoms with Crippen molar-refractivity contribution >= 4 is 6.03 Å². The van der Waals surface area contributed by atoms with E-state index in [0.29, 0.717) is 18.4 Å². The number of carbonyl (C=O) groups is 1. The van der Waals surface area contributed by atoms with Crippen molar-refractivity contribution in [2.75, 3.05) is 19.6 Å². The summed E-state index contributed by atoms with van der Waals surface area (Å²) >= 11 is 0. The Morgan fingerprint density at radius 2 is 1.57 bits per heavy atom. The summed E-state index contributed by atoms with van der Waals surface area (Å²) in [5.41, 5.74) is 2.53. The molecule has 0 aromatic heterocycles. The van der Waals surface area contributed by atoms with Crippen molar-refractivity contribution in [3.8, 4) is 0 Å². The number of benzene rings is 1. The summed E-state index contributed by atoms with van der Waals surface area (Å²) in [6.45, 7) is 13.0. The summed E-state index contributed by atoms with van der Waals surface area (Å²) in [5, 5.41) is 3.04. The highest BCUT2D eigenvalue weighted by molar-refractivity contribution is 5.74. The van der Waals surface area contributed by atoms with E-state index >= 15 is 0 Å². The standard InChI is InChI=1S/C18H30N2O/c1-14(2)12-20(13-15(3)4)18(21)19-11-10-17-8-6-16(5)7-9-17/h6-9,14-15H,10-13H2,1-5H3,(H,19,21). The lowest BCUT2D eigenvalue weighted by Gasteiger charge is -2.26. The van der Waals surface area contributed by atoms with E-state index in [-0.39, 0.29) is 6.03 Å². The Morgan fingerprint density at radius 1 is 1.05 bits per heavy atom. The molecule has 0 unspecified atom stereocenters. The van der Waals surface area contributed by atoms with Crippen LogP contribution < -0.4 is 5.32 Å². The third-order valence-electron chi connectivity index (χ3n) is 3.27. The van der Waals surface area contributed by atoms with Crippen molar-refractivity contribution in [1.82, 2.24) is 10.2 Å². The molecule has 0 bridgehead atoms. The molecule has 0 aliphatic rings. The first kappa shape index (κ1) is 17.5. The maximum absolute atomic E-state index is 12.3. The first-order chi connectivity index (χ1) is 9.88. The first-order valence-electron chi connectivity index (χ1n) is 7.96. The number of carbonyl (C=O) groups excluding carboxylic acids is 1. The minimum atomic E-state index is 0.0597. The van der Waals surface area contributed by atoms with Crippen LogP contribution in [0, 0.1) is 18.8 Å². The van der Waals surface area contributed by atoms with Crippen LogP contribution in [0.3, 0.4) is 0 Å². The lowest BCUT2D eigenvalue weighted by molar-refractivity contribution is 0.183. The number of aryl methyl sites for hydroxylation is 1. The maximum Gasteiger partial charge on any atom is 0.317 e. The molecule has 21 heavy (non-hydrogen) atoms. The van der Waals surface area contributed by atoms with E-state index in [4.69, 9.17) is 0 Å². The Labute approximate surface area is 129 Å². The zero-order valence-electron chi connectivity index (χ0n) is 14.1. The van der Waals surface area contributed by atoms with Crippen LogP contribution in [0.25, 0.3) is 0 Å². The van der Waals surface area contributed by atoms with Gasteiger partial charge in [0, 0.05) is 19.6 Å². The molecule has 0 atom stereocenters. The molecule has 0 heterocycles. The highest BCUT2D eigenvalue weighted by Gasteiger charge is 2.15. The average molecular weight is 290 g/mol. The van der Waals surface area contributed by atoms with Crippen molar-refractivity contribution in [3.05, 3.63) is 35.4 Å². The minimum absolute atomic E-state index is 0.0597. The summed E-state index contributed by atoms with van der Waals surface area (Å²) in [6.07, 6.45) is 0.878. The van der Waals surface area contributed by atoms with Crippen LogP contribution in [-0.2, 0) is 6.42 Å². The molecule has 0 aliphatic heterocycles. The number of nitrogens with zero attached hydrogens (tertiary/aromatic N) is 1. The van der Waals surface area contributed by atoms with Crippen LogP contribution in [0.5, 0.6) is 0 Å². The Kier molecular flexibility index (Phi) is 7.27. The van der Waals surface area contributed by atoms with Gasteiger partial charge in [-0.1, -0.05) is 57.5 Å². The molecule has 3 nitrogen and oxygen atoms in total. The van der Waals surface area contributed by atoms with Gasteiger partial charge in [-0.25, -0.2) is 4.79 Å². The fraction of sp³-hybridized carbons (Fsp3) is 0.611. The van der Waals surface area contributed by atoms with E-state index < -0.39 is 0 Å². The SMILES string of the molecule is Cc1ccc(CCNC(=O)N(CC(C)C)CC(C)C)cc1. The smallest absolute Gasteiger partial charge is 0.317 e. The van der Waals surface area contributed by atoms with Crippen LogP contribution >= 0.6 is 0 Å². The largest absolute Gasteiger partial charge is 0.338 e. The normalized spacial score (nSPS) is 11.0. The average Bonchev–Trinajstić information content (AvgIpc) is 2.39. The third-order valence-corrected chi connectivity index (χ3v) is 3.27. The second kappa shape index (κ2) is 8.71. The molecule has 0 aliphatic carbocycles. The Morgan fingerprint density at radius 3 is 2.05 bits per heavy atom. The predicted octanol–water partition coefficient (Wildman–Crippen LogP) is 3.86. The van der Waals surface area contributed by atoms with Gasteiger partial charge in [-0.2, -0.15) is 0 Å². The maximum atomic E-state index is 12.3. The summed E-state index contributed by atoms with van der Waals surface area (Å²) in [6, 6.07) is 8.54. The van der Waals surface area contributed by atoms with Crippen LogP contribution in [0.4, 0.5) is 4.79 Å². The Balaban J connectivity index is 2.43. The van der Waals surface area contributed by atoms with Crippen molar-refractivity contribution in [2.24, 2.45) is 11.8 Å². The molecule has 2 amide bonds. The molecular formula is C18H30N2O. The second-order valence-electron chi connectivity index (χ2n) is 6.66. The molecule has 1 rings (SSSR count). The monoisotopic (exact) mass is 290 g/mol. The van der Waals surface area contributed by atoms with Gasteiger partial charge in [0.05, 0.1) is 0 Å². The van der Waals surface area contributed by atoms with E-state index in [2.05, 4.69) is 64.2 Å². The van der Waals surface area contributed by atoms with E-state index in [1.165, 1.54) is 11.1 Å². The molecular weight excluding hydrogens is 260 g/mol. The first-order valence-corrected chi connectivity index (χ1v) is 7.96. The lowest BCUT2D eigenvalue weighted by atomic mass is 10.1. The van der Waals surface area contributed by atoms with Crippen LogP contribution in [-0.4, -0.2) is 30.6 Å². The Bertz CT molecular complexity index is 413.